The van der Waals surface area contributed by atoms with Crippen molar-refractivity contribution in [2.45, 2.75) is 5.03 Å². The van der Waals surface area contributed by atoms with E-state index in [0.29, 0.717) is 33.2 Å². The van der Waals surface area contributed by atoms with Crippen LogP contribution in [-0.2, 0) is 4.79 Å². The highest BCUT2D eigenvalue weighted by molar-refractivity contribution is 8.00. The molecular formula is C20H16ClFN4O3S. The normalized spacial score (nSPS) is 11.1. The van der Waals surface area contributed by atoms with Gasteiger partial charge < -0.3 is 19.8 Å². The number of halogens is 2. The van der Waals surface area contributed by atoms with Crippen molar-refractivity contribution >= 4 is 56.9 Å². The molecular weight excluding hydrogens is 431 g/mol. The number of methoxy groups -OCH3 is 2. The molecule has 0 unspecified atom stereocenters. The zero-order valence-corrected chi connectivity index (χ0v) is 17.5. The van der Waals surface area contributed by atoms with Gasteiger partial charge in [-0.25, -0.2) is 14.4 Å². The quantitative estimate of drug-likeness (QED) is 0.331. The summed E-state index contributed by atoms with van der Waals surface area (Å²) in [5.74, 6) is 0.507. The van der Waals surface area contributed by atoms with Crippen LogP contribution >= 0.6 is 23.4 Å². The molecule has 0 saturated carbocycles. The van der Waals surface area contributed by atoms with E-state index in [2.05, 4.69) is 20.3 Å². The molecule has 0 aliphatic heterocycles. The molecule has 0 bridgehead atoms. The first-order chi connectivity index (χ1) is 14.5. The van der Waals surface area contributed by atoms with Crippen molar-refractivity contribution in [3.05, 3.63) is 47.5 Å². The Balaban J connectivity index is 1.59. The molecule has 0 spiro atoms. The Morgan fingerprint density at radius 3 is 2.70 bits per heavy atom. The second-order valence-corrected chi connectivity index (χ2v) is 7.61. The van der Waals surface area contributed by atoms with Crippen molar-refractivity contribution in [3.63, 3.8) is 0 Å². The molecule has 0 radical (unpaired) electrons. The van der Waals surface area contributed by atoms with Crippen LogP contribution in [0, 0.1) is 5.82 Å². The van der Waals surface area contributed by atoms with Crippen LogP contribution in [0.5, 0.6) is 11.5 Å². The van der Waals surface area contributed by atoms with E-state index in [1.807, 2.05) is 12.1 Å². The predicted molar refractivity (Wildman–Crippen MR) is 115 cm³/mol. The number of nitrogens with one attached hydrogen (secondary N) is 2. The lowest BCUT2D eigenvalue weighted by Crippen LogP contribution is -2.14. The largest absolute Gasteiger partial charge is 0.493 e. The number of hydrogen-bond acceptors (Lipinski definition) is 6. The van der Waals surface area contributed by atoms with Crippen LogP contribution in [0.1, 0.15) is 0 Å². The molecule has 10 heteroatoms. The van der Waals surface area contributed by atoms with Crippen LogP contribution < -0.4 is 14.8 Å². The SMILES string of the molecule is COc1cc2[nH]c3c(SCC(=O)Nc4ccc(F)cc4Cl)ncnc3c2cc1OC. The van der Waals surface area contributed by atoms with Crippen LogP contribution in [0.2, 0.25) is 5.02 Å². The molecule has 7 nitrogen and oxygen atoms in total. The van der Waals surface area contributed by atoms with Crippen molar-refractivity contribution < 1.29 is 18.7 Å². The van der Waals surface area contributed by atoms with Crippen LogP contribution in [0.25, 0.3) is 21.9 Å². The molecule has 0 saturated heterocycles. The molecule has 1 amide bonds. The van der Waals surface area contributed by atoms with Gasteiger partial charge in [0.2, 0.25) is 5.91 Å². The van der Waals surface area contributed by atoms with Gasteiger partial charge in [-0.15, -0.1) is 0 Å². The van der Waals surface area contributed by atoms with Crippen molar-refractivity contribution in [1.82, 2.24) is 15.0 Å². The van der Waals surface area contributed by atoms with Gasteiger partial charge in [0.25, 0.3) is 0 Å². The van der Waals surface area contributed by atoms with Gasteiger partial charge >= 0.3 is 0 Å². The summed E-state index contributed by atoms with van der Waals surface area (Å²) in [4.78, 5) is 24.3. The number of anilines is 1. The van der Waals surface area contributed by atoms with Crippen LogP contribution in [0.3, 0.4) is 0 Å². The zero-order chi connectivity index (χ0) is 21.3. The first-order valence-corrected chi connectivity index (χ1v) is 10.1. The number of ether oxygens (including phenoxy) is 2. The molecule has 4 rings (SSSR count). The van der Waals surface area contributed by atoms with Gasteiger partial charge in [-0.2, -0.15) is 0 Å². The van der Waals surface area contributed by atoms with Crippen LogP contribution in [0.4, 0.5) is 10.1 Å². The molecule has 154 valence electrons. The van der Waals surface area contributed by atoms with Gasteiger partial charge in [0, 0.05) is 11.5 Å². The number of carbonyl (C=O) groups is 1. The molecule has 2 N–H and O–H groups in total. The molecule has 0 atom stereocenters. The molecule has 0 aliphatic rings. The number of hydrogen-bond donors (Lipinski definition) is 2. The minimum absolute atomic E-state index is 0.0851. The summed E-state index contributed by atoms with van der Waals surface area (Å²) in [5.41, 5.74) is 2.58. The van der Waals surface area contributed by atoms with Gasteiger partial charge in [0.15, 0.2) is 11.5 Å². The summed E-state index contributed by atoms with van der Waals surface area (Å²) in [6.45, 7) is 0. The van der Waals surface area contributed by atoms with Gasteiger partial charge in [-0.1, -0.05) is 23.4 Å². The zero-order valence-electron chi connectivity index (χ0n) is 16.0. The van der Waals surface area contributed by atoms with Gasteiger partial charge in [0.05, 0.1) is 41.7 Å². The summed E-state index contributed by atoms with van der Waals surface area (Å²) >= 11 is 7.20. The van der Waals surface area contributed by atoms with Crippen LogP contribution in [0.15, 0.2) is 41.7 Å². The summed E-state index contributed by atoms with van der Waals surface area (Å²) in [6.07, 6.45) is 1.45. The second kappa shape index (κ2) is 8.37. The number of thioether (sulfide) groups is 1. The summed E-state index contributed by atoms with van der Waals surface area (Å²) in [7, 11) is 3.14. The van der Waals surface area contributed by atoms with Gasteiger partial charge in [-0.05, 0) is 24.3 Å². The highest BCUT2D eigenvalue weighted by atomic mass is 35.5. The fourth-order valence-electron chi connectivity index (χ4n) is 3.02. The lowest BCUT2D eigenvalue weighted by Gasteiger charge is -2.07. The molecule has 4 aromatic rings. The monoisotopic (exact) mass is 446 g/mol. The van der Waals surface area contributed by atoms with E-state index in [1.54, 1.807) is 14.2 Å². The third-order valence-electron chi connectivity index (χ3n) is 4.40. The first kappa shape index (κ1) is 20.2. The number of fused-ring (bicyclic) bond motifs is 3. The fraction of sp³-hybridized carbons (Fsp3) is 0.150. The Bertz CT molecular complexity index is 1260. The number of aromatic nitrogens is 3. The summed E-state index contributed by atoms with van der Waals surface area (Å²) in [6, 6.07) is 7.47. The maximum atomic E-state index is 13.2. The average molecular weight is 447 g/mol. The van der Waals surface area contributed by atoms with Gasteiger partial charge in [-0.3, -0.25) is 4.79 Å². The smallest absolute Gasteiger partial charge is 0.234 e. The van der Waals surface area contributed by atoms with E-state index < -0.39 is 5.82 Å². The fourth-order valence-corrected chi connectivity index (χ4v) is 3.99. The lowest BCUT2D eigenvalue weighted by molar-refractivity contribution is -0.113. The number of rotatable bonds is 6. The van der Waals surface area contributed by atoms with Crippen LogP contribution in [-0.4, -0.2) is 40.8 Å². The standard InChI is InChI=1S/C20H16ClFN4O3S/c1-28-15-6-11-14(7-16(15)29-2)26-19-18(11)23-9-24-20(19)30-8-17(27)25-13-4-3-10(22)5-12(13)21/h3-7,9,26H,8H2,1-2H3,(H,25,27). The Kier molecular flexibility index (Phi) is 5.65. The number of carbonyl (C=O) groups excluding carboxylic acids is 1. The number of benzene rings is 2. The van der Waals surface area contributed by atoms with E-state index >= 15 is 0 Å². The third kappa shape index (κ3) is 3.86. The van der Waals surface area contributed by atoms with E-state index in [9.17, 15) is 9.18 Å². The summed E-state index contributed by atoms with van der Waals surface area (Å²) in [5, 5.41) is 4.28. The Hall–Kier alpha value is -3.04. The lowest BCUT2D eigenvalue weighted by atomic mass is 10.2. The van der Waals surface area contributed by atoms with Crippen molar-refractivity contribution in [3.8, 4) is 11.5 Å². The Morgan fingerprint density at radius 1 is 1.20 bits per heavy atom. The molecule has 2 aromatic heterocycles. The molecule has 0 aliphatic carbocycles. The third-order valence-corrected chi connectivity index (χ3v) is 5.70. The van der Waals surface area contributed by atoms with Crippen molar-refractivity contribution in [2.75, 3.05) is 25.3 Å². The number of aromatic amines is 1. The summed E-state index contributed by atoms with van der Waals surface area (Å²) < 4.78 is 23.9. The van der Waals surface area contributed by atoms with E-state index in [1.165, 1.54) is 30.2 Å². The average Bonchev–Trinajstić information content (AvgIpc) is 3.11. The predicted octanol–water partition coefficient (Wildman–Crippen LogP) is 4.65. The van der Waals surface area contributed by atoms with E-state index in [4.69, 9.17) is 21.1 Å². The number of H-pyrrole nitrogens is 1. The Labute approximate surface area is 179 Å². The van der Waals surface area contributed by atoms with Crippen molar-refractivity contribution in [2.24, 2.45) is 0 Å². The van der Waals surface area contributed by atoms with Gasteiger partial charge in [0.1, 0.15) is 22.7 Å². The minimum Gasteiger partial charge on any atom is -0.493 e. The van der Waals surface area contributed by atoms with Crippen molar-refractivity contribution in [1.29, 1.82) is 0 Å². The first-order valence-electron chi connectivity index (χ1n) is 8.76. The molecule has 30 heavy (non-hydrogen) atoms. The topological polar surface area (TPSA) is 89.1 Å². The highest BCUT2D eigenvalue weighted by Gasteiger charge is 2.16. The second-order valence-electron chi connectivity index (χ2n) is 6.24. The molecule has 0 fully saturated rings. The maximum Gasteiger partial charge on any atom is 0.234 e. The number of amides is 1. The molecule has 2 heterocycles. The molecule has 2 aromatic carbocycles. The van der Waals surface area contributed by atoms with E-state index in [-0.39, 0.29) is 16.7 Å². The van der Waals surface area contributed by atoms with E-state index in [0.717, 1.165) is 17.0 Å². The minimum atomic E-state index is -0.470. The number of nitrogens with zero attached hydrogens (tertiary/aromatic N) is 2. The maximum absolute atomic E-state index is 13.2. The highest BCUT2D eigenvalue weighted by Crippen LogP contribution is 2.37. The Morgan fingerprint density at radius 2 is 1.97 bits per heavy atom.